The van der Waals surface area contributed by atoms with Crippen LogP contribution < -0.4 is 0 Å². The Morgan fingerprint density at radius 1 is 0.273 bits per heavy atom. The number of hydrogen-bond donors (Lipinski definition) is 0. The fourth-order valence-corrected chi connectivity index (χ4v) is 8.18. The molecule has 0 aromatic heterocycles. The number of unbranched alkanes of at least 4 members (excludes halogenated alkanes) is 20. The van der Waals surface area contributed by atoms with E-state index >= 15 is 0 Å². The summed E-state index contributed by atoms with van der Waals surface area (Å²) in [6.45, 7) is 6.31. The van der Waals surface area contributed by atoms with Gasteiger partial charge in [0.15, 0.2) is 6.10 Å². The van der Waals surface area contributed by atoms with Gasteiger partial charge in [-0.05, 0) is 135 Å². The highest BCUT2D eigenvalue weighted by Crippen LogP contribution is 2.15. The first-order valence-corrected chi connectivity index (χ1v) is 31.3. The lowest BCUT2D eigenvalue weighted by Crippen LogP contribution is -2.30. The maximum absolute atomic E-state index is 12.9. The van der Waals surface area contributed by atoms with Gasteiger partial charge in [-0.3, -0.25) is 14.4 Å². The largest absolute Gasteiger partial charge is 0.462 e. The Morgan fingerprint density at radius 2 is 0.506 bits per heavy atom. The summed E-state index contributed by atoms with van der Waals surface area (Å²) < 4.78 is 16.9. The molecule has 0 aliphatic rings. The molecule has 0 radical (unpaired) electrons. The first kappa shape index (κ1) is 72.3. The van der Waals surface area contributed by atoms with E-state index in [2.05, 4.69) is 167 Å². The third kappa shape index (κ3) is 62.0. The highest BCUT2D eigenvalue weighted by Gasteiger charge is 2.19. The molecule has 6 heteroatoms. The summed E-state index contributed by atoms with van der Waals surface area (Å²) in [6.07, 6.45) is 91.3. The van der Waals surface area contributed by atoms with Crippen molar-refractivity contribution in [2.45, 2.75) is 271 Å². The SMILES string of the molecule is CC/C=C\C/C=C\C/C=C\C/C=C\C/C=C\CCCCCCCCCCCC(=O)OCC(COC(=O)CCCCCCC/C=C\C/C=C\CCC)OC(=O)CCCCCCC/C=C\C/C=C\C/C=C\C/C=C\C/C=C\CC. The lowest BCUT2D eigenvalue weighted by atomic mass is 10.1. The van der Waals surface area contributed by atoms with E-state index in [0.717, 1.165) is 180 Å². The molecule has 1 atom stereocenters. The highest BCUT2D eigenvalue weighted by molar-refractivity contribution is 5.71. The smallest absolute Gasteiger partial charge is 0.306 e. The van der Waals surface area contributed by atoms with E-state index in [-0.39, 0.29) is 31.1 Å². The van der Waals surface area contributed by atoms with Crippen LogP contribution >= 0.6 is 0 Å². The molecule has 0 amide bonds. The van der Waals surface area contributed by atoms with Crippen LogP contribution in [0.4, 0.5) is 0 Å². The fourth-order valence-electron chi connectivity index (χ4n) is 8.18. The van der Waals surface area contributed by atoms with Crippen molar-refractivity contribution < 1.29 is 28.6 Å². The zero-order valence-corrected chi connectivity index (χ0v) is 49.7. The van der Waals surface area contributed by atoms with E-state index in [0.29, 0.717) is 19.3 Å². The molecule has 6 nitrogen and oxygen atoms in total. The minimum atomic E-state index is -0.804. The Balaban J connectivity index is 4.42. The summed E-state index contributed by atoms with van der Waals surface area (Å²) in [4.78, 5) is 38.3. The second-order valence-electron chi connectivity index (χ2n) is 20.2. The van der Waals surface area contributed by atoms with Crippen molar-refractivity contribution in [2.24, 2.45) is 0 Å². The maximum atomic E-state index is 12.9. The van der Waals surface area contributed by atoms with E-state index in [1.54, 1.807) is 0 Å². The molecule has 434 valence electrons. The Bertz CT molecular complexity index is 1700. The van der Waals surface area contributed by atoms with Crippen LogP contribution in [0, 0.1) is 0 Å². The molecule has 0 aromatic rings. The molecule has 0 aliphatic heterocycles. The molecule has 0 spiro atoms. The predicted molar refractivity (Wildman–Crippen MR) is 334 cm³/mol. The van der Waals surface area contributed by atoms with Crippen LogP contribution in [0.5, 0.6) is 0 Å². The third-order valence-electron chi connectivity index (χ3n) is 12.8. The Hall–Kier alpha value is -4.71. The molecule has 0 heterocycles. The van der Waals surface area contributed by atoms with Crippen LogP contribution in [-0.2, 0) is 28.6 Å². The molecule has 0 aromatic carbocycles. The van der Waals surface area contributed by atoms with Gasteiger partial charge < -0.3 is 14.2 Å². The van der Waals surface area contributed by atoms with Crippen LogP contribution in [0.1, 0.15) is 265 Å². The van der Waals surface area contributed by atoms with Gasteiger partial charge in [0, 0.05) is 19.3 Å². The average molecular weight is 1060 g/mol. The molecule has 1 unspecified atom stereocenters. The molecule has 0 saturated carbocycles. The third-order valence-corrected chi connectivity index (χ3v) is 12.8. The zero-order chi connectivity index (χ0) is 55.7. The van der Waals surface area contributed by atoms with Crippen LogP contribution in [0.25, 0.3) is 0 Å². The topological polar surface area (TPSA) is 78.9 Å². The van der Waals surface area contributed by atoms with Crippen LogP contribution in [0.3, 0.4) is 0 Å². The van der Waals surface area contributed by atoms with Crippen molar-refractivity contribution in [3.8, 4) is 0 Å². The van der Waals surface area contributed by atoms with Gasteiger partial charge in [-0.1, -0.05) is 256 Å². The normalized spacial score (nSPS) is 13.1. The molecular formula is C71H114O6. The van der Waals surface area contributed by atoms with E-state index in [9.17, 15) is 14.4 Å². The number of esters is 3. The van der Waals surface area contributed by atoms with Crippen molar-refractivity contribution in [1.82, 2.24) is 0 Å². The van der Waals surface area contributed by atoms with Crippen molar-refractivity contribution in [3.63, 3.8) is 0 Å². The van der Waals surface area contributed by atoms with Crippen LogP contribution in [0.2, 0.25) is 0 Å². The first-order chi connectivity index (χ1) is 38.0. The van der Waals surface area contributed by atoms with Crippen LogP contribution in [-0.4, -0.2) is 37.2 Å². The highest BCUT2D eigenvalue weighted by atomic mass is 16.6. The van der Waals surface area contributed by atoms with E-state index in [1.807, 2.05) is 0 Å². The second-order valence-corrected chi connectivity index (χ2v) is 20.2. The summed E-state index contributed by atoms with van der Waals surface area (Å²) in [5.74, 6) is -0.940. The van der Waals surface area contributed by atoms with E-state index < -0.39 is 6.10 Å². The minimum Gasteiger partial charge on any atom is -0.462 e. The van der Waals surface area contributed by atoms with Gasteiger partial charge in [-0.2, -0.15) is 0 Å². The molecule has 0 N–H and O–H groups in total. The molecule has 0 saturated heterocycles. The monoisotopic (exact) mass is 1060 g/mol. The second kappa shape index (κ2) is 63.8. The number of hydrogen-bond acceptors (Lipinski definition) is 6. The number of allylic oxidation sites excluding steroid dienone is 24. The van der Waals surface area contributed by atoms with E-state index in [1.165, 1.54) is 44.9 Å². The molecular weight excluding hydrogens is 949 g/mol. The summed E-state index contributed by atoms with van der Waals surface area (Å²) >= 11 is 0. The molecule has 0 aliphatic carbocycles. The maximum Gasteiger partial charge on any atom is 0.306 e. The minimum absolute atomic E-state index is 0.0990. The Kier molecular flexibility index (Phi) is 59.9. The number of rotatable bonds is 55. The van der Waals surface area contributed by atoms with Crippen molar-refractivity contribution >= 4 is 17.9 Å². The predicted octanol–water partition coefficient (Wildman–Crippen LogP) is 21.5. The van der Waals surface area contributed by atoms with Gasteiger partial charge in [0.25, 0.3) is 0 Å². The molecule has 0 rings (SSSR count). The lowest BCUT2D eigenvalue weighted by molar-refractivity contribution is -0.167. The molecule has 77 heavy (non-hydrogen) atoms. The van der Waals surface area contributed by atoms with Gasteiger partial charge in [0.05, 0.1) is 0 Å². The van der Waals surface area contributed by atoms with Gasteiger partial charge in [0.1, 0.15) is 13.2 Å². The van der Waals surface area contributed by atoms with Gasteiger partial charge in [-0.25, -0.2) is 0 Å². The van der Waals surface area contributed by atoms with Gasteiger partial charge in [-0.15, -0.1) is 0 Å². The zero-order valence-electron chi connectivity index (χ0n) is 49.7. The standard InChI is InChI=1S/C71H114O6/c1-4-7-10-13-16-19-22-25-27-29-31-33-34-35-36-38-39-41-43-46-49-52-55-58-61-64-70(73)76-67-68(66-75-69(72)63-60-57-54-51-48-45-24-21-18-15-12-9-6-3)77-71(74)65-62-59-56-53-50-47-44-42-40-37-32-30-28-26-23-20-17-14-11-8-5-2/h7-8,10-12,15-17,19-21,24-28,31-33,35-37,42,44,68H,4-6,9,13-14,18,22-23,29-30,34,38-41,43,45-67H2,1-3H3/b10-7-,11-8-,15-12-,19-16-,20-17-,24-21-,27-25-,28-26-,33-31-,36-35-,37-32-,44-42-. The summed E-state index contributed by atoms with van der Waals surface area (Å²) in [6, 6.07) is 0. The van der Waals surface area contributed by atoms with Crippen molar-refractivity contribution in [1.29, 1.82) is 0 Å². The Labute approximate surface area is 474 Å². The summed E-state index contributed by atoms with van der Waals surface area (Å²) in [5.41, 5.74) is 0. The van der Waals surface area contributed by atoms with Gasteiger partial charge >= 0.3 is 17.9 Å². The lowest BCUT2D eigenvalue weighted by Gasteiger charge is -2.18. The quantitative estimate of drug-likeness (QED) is 0.0261. The first-order valence-electron chi connectivity index (χ1n) is 31.3. The summed E-state index contributed by atoms with van der Waals surface area (Å²) in [5, 5.41) is 0. The summed E-state index contributed by atoms with van der Waals surface area (Å²) in [7, 11) is 0. The van der Waals surface area contributed by atoms with Crippen molar-refractivity contribution in [2.75, 3.05) is 13.2 Å². The van der Waals surface area contributed by atoms with Crippen LogP contribution in [0.15, 0.2) is 146 Å². The van der Waals surface area contributed by atoms with Gasteiger partial charge in [0.2, 0.25) is 0 Å². The van der Waals surface area contributed by atoms with E-state index in [4.69, 9.17) is 14.2 Å². The Morgan fingerprint density at radius 3 is 0.792 bits per heavy atom. The number of carbonyl (C=O) groups excluding carboxylic acids is 3. The number of ether oxygens (including phenoxy) is 3. The fraction of sp³-hybridized carbons (Fsp3) is 0.620. The average Bonchev–Trinajstić information content (AvgIpc) is 3.43. The molecule has 0 bridgehead atoms. The molecule has 0 fully saturated rings. The number of carbonyl (C=O) groups is 3. The van der Waals surface area contributed by atoms with Crippen molar-refractivity contribution in [3.05, 3.63) is 146 Å².